The van der Waals surface area contributed by atoms with Crippen molar-refractivity contribution >= 4 is 11.9 Å². The molecule has 0 bridgehead atoms. The molecule has 0 saturated carbocycles. The molecule has 1 heterocycles. The average molecular weight is 271 g/mol. The van der Waals surface area contributed by atoms with E-state index in [0.29, 0.717) is 19.6 Å². The van der Waals surface area contributed by atoms with Gasteiger partial charge in [-0.25, -0.2) is 0 Å². The van der Waals surface area contributed by atoms with Gasteiger partial charge in [0, 0.05) is 13.1 Å². The molecule has 0 aromatic carbocycles. The van der Waals surface area contributed by atoms with Crippen LogP contribution in [0.15, 0.2) is 0 Å². The monoisotopic (exact) mass is 271 g/mol. The number of hydrogen-bond donors (Lipinski definition) is 1. The van der Waals surface area contributed by atoms with Crippen LogP contribution in [0.2, 0.25) is 0 Å². The second kappa shape index (κ2) is 6.37. The molecular formula is C14H25NO4. The van der Waals surface area contributed by atoms with E-state index in [1.54, 1.807) is 11.8 Å². The smallest absolute Gasteiger partial charge is 0.308 e. The fourth-order valence-corrected chi connectivity index (χ4v) is 2.19. The summed E-state index contributed by atoms with van der Waals surface area (Å²) in [5, 5.41) is 8.92. The molecule has 1 aliphatic heterocycles. The summed E-state index contributed by atoms with van der Waals surface area (Å²) in [6, 6.07) is 0. The topological polar surface area (TPSA) is 66.8 Å². The lowest BCUT2D eigenvalue weighted by molar-refractivity contribution is -0.153. The number of carbonyl (C=O) groups excluding carboxylic acids is 1. The van der Waals surface area contributed by atoms with Gasteiger partial charge < -0.3 is 14.7 Å². The Bertz CT molecular complexity index is 330. The van der Waals surface area contributed by atoms with Crippen LogP contribution >= 0.6 is 0 Å². The molecule has 1 saturated heterocycles. The maximum Gasteiger partial charge on any atom is 0.308 e. The normalized spacial score (nSPS) is 23.7. The van der Waals surface area contributed by atoms with Gasteiger partial charge in [0.15, 0.2) is 0 Å². The SMILES string of the molecule is CCN(CC(C)C(=O)O)C(=O)C1CCC(C)(C)CO1. The van der Waals surface area contributed by atoms with Crippen LogP contribution in [0, 0.1) is 11.3 Å². The number of rotatable bonds is 5. The van der Waals surface area contributed by atoms with Crippen LogP contribution in [-0.4, -0.2) is 47.7 Å². The van der Waals surface area contributed by atoms with Crippen LogP contribution in [0.25, 0.3) is 0 Å². The molecule has 1 fully saturated rings. The van der Waals surface area contributed by atoms with Gasteiger partial charge in [-0.3, -0.25) is 9.59 Å². The molecule has 1 N–H and O–H groups in total. The Kier molecular flexibility index (Phi) is 5.35. The maximum absolute atomic E-state index is 12.3. The Morgan fingerprint density at radius 2 is 2.11 bits per heavy atom. The molecule has 1 rings (SSSR count). The summed E-state index contributed by atoms with van der Waals surface area (Å²) in [7, 11) is 0. The first kappa shape index (κ1) is 16.0. The average Bonchev–Trinajstić information content (AvgIpc) is 2.34. The molecule has 5 nitrogen and oxygen atoms in total. The third-order valence-corrected chi connectivity index (χ3v) is 3.64. The summed E-state index contributed by atoms with van der Waals surface area (Å²) in [6.45, 7) is 9.06. The minimum absolute atomic E-state index is 0.0777. The van der Waals surface area contributed by atoms with E-state index >= 15 is 0 Å². The van der Waals surface area contributed by atoms with E-state index in [1.165, 1.54) is 0 Å². The van der Waals surface area contributed by atoms with Crippen molar-refractivity contribution < 1.29 is 19.4 Å². The minimum Gasteiger partial charge on any atom is -0.481 e. The number of hydrogen-bond acceptors (Lipinski definition) is 3. The molecule has 1 amide bonds. The van der Waals surface area contributed by atoms with Crippen molar-refractivity contribution in [3.05, 3.63) is 0 Å². The Labute approximate surface area is 114 Å². The zero-order chi connectivity index (χ0) is 14.6. The Morgan fingerprint density at radius 1 is 1.47 bits per heavy atom. The lowest BCUT2D eigenvalue weighted by Crippen LogP contribution is -2.46. The third kappa shape index (κ3) is 4.49. The molecule has 0 radical (unpaired) electrons. The van der Waals surface area contributed by atoms with Crippen LogP contribution in [0.3, 0.4) is 0 Å². The minimum atomic E-state index is -0.878. The van der Waals surface area contributed by atoms with Gasteiger partial charge in [-0.05, 0) is 25.2 Å². The summed E-state index contributed by atoms with van der Waals surface area (Å²) < 4.78 is 5.64. The maximum atomic E-state index is 12.3. The van der Waals surface area contributed by atoms with Crippen molar-refractivity contribution in [2.75, 3.05) is 19.7 Å². The first-order chi connectivity index (χ1) is 8.76. The van der Waals surface area contributed by atoms with Crippen molar-refractivity contribution in [1.82, 2.24) is 4.90 Å². The lowest BCUT2D eigenvalue weighted by atomic mass is 9.85. The van der Waals surface area contributed by atoms with E-state index in [1.807, 2.05) is 6.92 Å². The molecule has 0 aromatic rings. The zero-order valence-corrected chi connectivity index (χ0v) is 12.3. The van der Waals surface area contributed by atoms with Gasteiger partial charge in [0.2, 0.25) is 0 Å². The Hall–Kier alpha value is -1.10. The number of ether oxygens (including phenoxy) is 1. The molecule has 0 spiro atoms. The van der Waals surface area contributed by atoms with Gasteiger partial charge in [0.1, 0.15) is 6.10 Å². The van der Waals surface area contributed by atoms with Crippen LogP contribution in [0.4, 0.5) is 0 Å². The van der Waals surface area contributed by atoms with E-state index in [9.17, 15) is 9.59 Å². The third-order valence-electron chi connectivity index (χ3n) is 3.64. The molecule has 19 heavy (non-hydrogen) atoms. The highest BCUT2D eigenvalue weighted by atomic mass is 16.5. The van der Waals surface area contributed by atoms with Crippen molar-refractivity contribution in [2.45, 2.75) is 46.6 Å². The lowest BCUT2D eigenvalue weighted by Gasteiger charge is -2.36. The number of amides is 1. The molecule has 110 valence electrons. The highest BCUT2D eigenvalue weighted by Crippen LogP contribution is 2.30. The predicted molar refractivity (Wildman–Crippen MR) is 71.8 cm³/mol. The molecule has 2 unspecified atom stereocenters. The molecular weight excluding hydrogens is 246 g/mol. The fourth-order valence-electron chi connectivity index (χ4n) is 2.19. The van der Waals surface area contributed by atoms with E-state index in [-0.39, 0.29) is 17.9 Å². The van der Waals surface area contributed by atoms with E-state index in [2.05, 4.69) is 13.8 Å². The number of carboxylic acids is 1. The van der Waals surface area contributed by atoms with Gasteiger partial charge in [-0.1, -0.05) is 20.8 Å². The van der Waals surface area contributed by atoms with Gasteiger partial charge in [0.25, 0.3) is 5.91 Å². The number of nitrogens with zero attached hydrogens (tertiary/aromatic N) is 1. The molecule has 0 aromatic heterocycles. The van der Waals surface area contributed by atoms with Gasteiger partial charge in [-0.15, -0.1) is 0 Å². The summed E-state index contributed by atoms with van der Waals surface area (Å²) >= 11 is 0. The number of carboxylic acid groups (broad SMARTS) is 1. The summed E-state index contributed by atoms with van der Waals surface area (Å²) in [4.78, 5) is 24.8. The molecule has 5 heteroatoms. The summed E-state index contributed by atoms with van der Waals surface area (Å²) in [5.41, 5.74) is 0.127. The highest BCUT2D eigenvalue weighted by Gasteiger charge is 2.34. The predicted octanol–water partition coefficient (Wildman–Crippen LogP) is 1.76. The Morgan fingerprint density at radius 3 is 2.53 bits per heavy atom. The zero-order valence-electron chi connectivity index (χ0n) is 12.3. The second-order valence-electron chi connectivity index (χ2n) is 6.12. The quantitative estimate of drug-likeness (QED) is 0.827. The van der Waals surface area contributed by atoms with E-state index in [0.717, 1.165) is 6.42 Å². The highest BCUT2D eigenvalue weighted by molar-refractivity contribution is 5.81. The molecule has 0 aliphatic carbocycles. The van der Waals surface area contributed by atoms with Gasteiger partial charge in [0.05, 0.1) is 12.5 Å². The van der Waals surface area contributed by atoms with Crippen molar-refractivity contribution in [1.29, 1.82) is 0 Å². The van der Waals surface area contributed by atoms with Gasteiger partial charge in [-0.2, -0.15) is 0 Å². The van der Waals surface area contributed by atoms with Crippen molar-refractivity contribution in [3.63, 3.8) is 0 Å². The van der Waals surface area contributed by atoms with Crippen molar-refractivity contribution in [2.24, 2.45) is 11.3 Å². The molecule has 2 atom stereocenters. The van der Waals surface area contributed by atoms with Crippen LogP contribution in [-0.2, 0) is 14.3 Å². The first-order valence-electron chi connectivity index (χ1n) is 6.90. The summed E-state index contributed by atoms with van der Waals surface area (Å²) in [6.07, 6.45) is 1.26. The van der Waals surface area contributed by atoms with Crippen molar-refractivity contribution in [3.8, 4) is 0 Å². The Balaban J connectivity index is 2.57. The van der Waals surface area contributed by atoms with Gasteiger partial charge >= 0.3 is 5.97 Å². The van der Waals surface area contributed by atoms with E-state index < -0.39 is 18.0 Å². The first-order valence-corrected chi connectivity index (χ1v) is 6.90. The number of carbonyl (C=O) groups is 2. The second-order valence-corrected chi connectivity index (χ2v) is 6.12. The van der Waals surface area contributed by atoms with E-state index in [4.69, 9.17) is 9.84 Å². The van der Waals surface area contributed by atoms with Crippen LogP contribution in [0.5, 0.6) is 0 Å². The number of aliphatic carboxylic acids is 1. The van der Waals surface area contributed by atoms with Crippen LogP contribution < -0.4 is 0 Å². The standard InChI is InChI=1S/C14H25NO4/c1-5-15(8-10(2)13(17)18)12(16)11-6-7-14(3,4)9-19-11/h10-11H,5-9H2,1-4H3,(H,17,18). The van der Waals surface area contributed by atoms with Crippen LogP contribution in [0.1, 0.15) is 40.5 Å². The molecule has 1 aliphatic rings. The largest absolute Gasteiger partial charge is 0.481 e. The summed E-state index contributed by atoms with van der Waals surface area (Å²) in [5.74, 6) is -1.51. The number of likely N-dealkylation sites (N-methyl/N-ethyl adjacent to an activating group) is 1. The fraction of sp³-hybridized carbons (Fsp3) is 0.857.